The molecule has 1 heterocycles. The molecule has 18 heavy (non-hydrogen) atoms. The second-order valence-electron chi connectivity index (χ2n) is 4.51. The van der Waals surface area contributed by atoms with Crippen molar-refractivity contribution in [2.24, 2.45) is 5.73 Å². The minimum atomic E-state index is -0.113. The van der Waals surface area contributed by atoms with Gasteiger partial charge in [0, 0.05) is 17.8 Å². The van der Waals surface area contributed by atoms with E-state index in [9.17, 15) is 4.79 Å². The summed E-state index contributed by atoms with van der Waals surface area (Å²) in [7, 11) is 0. The van der Waals surface area contributed by atoms with Gasteiger partial charge in [-0.25, -0.2) is 4.98 Å². The first-order chi connectivity index (χ1) is 8.54. The summed E-state index contributed by atoms with van der Waals surface area (Å²) in [4.78, 5) is 16.1. The molecule has 100 valence electrons. The summed E-state index contributed by atoms with van der Waals surface area (Å²) < 4.78 is 0. The van der Waals surface area contributed by atoms with Crippen molar-refractivity contribution in [3.8, 4) is 0 Å². The zero-order chi connectivity index (χ0) is 13.5. The molecule has 0 aliphatic rings. The van der Waals surface area contributed by atoms with Crippen LogP contribution < -0.4 is 11.1 Å². The molecule has 3 N–H and O–H groups in total. The van der Waals surface area contributed by atoms with E-state index in [1.807, 2.05) is 13.8 Å². The number of pyridine rings is 1. The Morgan fingerprint density at radius 1 is 1.44 bits per heavy atom. The Kier molecular flexibility index (Phi) is 6.09. The number of halogens is 1. The first kappa shape index (κ1) is 14.9. The smallest absolute Gasteiger partial charge is 0.251 e. The van der Waals surface area contributed by atoms with Gasteiger partial charge < -0.3 is 11.1 Å². The summed E-state index contributed by atoms with van der Waals surface area (Å²) in [6.45, 7) is 5.31. The zero-order valence-corrected chi connectivity index (χ0v) is 11.6. The maximum Gasteiger partial charge on any atom is 0.251 e. The summed E-state index contributed by atoms with van der Waals surface area (Å²) in [5.74, 6) is 0.130. The largest absolute Gasteiger partial charge is 0.352 e. The highest BCUT2D eigenvalue weighted by Gasteiger charge is 2.10. The molecule has 1 rings (SSSR count). The highest BCUT2D eigenvalue weighted by Crippen LogP contribution is 2.17. The fraction of sp³-hybridized carbons (Fsp3) is 0.538. The number of aromatic nitrogens is 1. The highest BCUT2D eigenvalue weighted by molar-refractivity contribution is 6.29. The molecule has 0 atom stereocenters. The van der Waals surface area contributed by atoms with Crippen molar-refractivity contribution in [3.63, 3.8) is 0 Å². The van der Waals surface area contributed by atoms with Crippen molar-refractivity contribution in [1.29, 1.82) is 0 Å². The topological polar surface area (TPSA) is 68.0 Å². The quantitative estimate of drug-likeness (QED) is 0.615. The molecule has 0 aromatic carbocycles. The van der Waals surface area contributed by atoms with E-state index in [2.05, 4.69) is 10.3 Å². The normalized spacial score (nSPS) is 10.7. The van der Waals surface area contributed by atoms with Crippen LogP contribution in [0.1, 0.15) is 48.7 Å². The number of hydrogen-bond acceptors (Lipinski definition) is 3. The minimum absolute atomic E-state index is 0.113. The van der Waals surface area contributed by atoms with Crippen LogP contribution in [-0.4, -0.2) is 24.0 Å². The lowest BCUT2D eigenvalue weighted by Crippen LogP contribution is -2.25. The van der Waals surface area contributed by atoms with Gasteiger partial charge in [-0.15, -0.1) is 0 Å². The van der Waals surface area contributed by atoms with Crippen molar-refractivity contribution in [3.05, 3.63) is 28.5 Å². The first-order valence-electron chi connectivity index (χ1n) is 6.20. The van der Waals surface area contributed by atoms with E-state index >= 15 is 0 Å². The molecule has 1 aromatic rings. The van der Waals surface area contributed by atoms with E-state index < -0.39 is 0 Å². The lowest BCUT2D eigenvalue weighted by molar-refractivity contribution is 0.0953. The van der Waals surface area contributed by atoms with Gasteiger partial charge >= 0.3 is 0 Å². The summed E-state index contributed by atoms with van der Waals surface area (Å²) in [5.41, 5.74) is 6.78. The van der Waals surface area contributed by atoms with Crippen molar-refractivity contribution < 1.29 is 4.79 Å². The predicted molar refractivity (Wildman–Crippen MR) is 74.0 cm³/mol. The molecule has 0 saturated carbocycles. The zero-order valence-electron chi connectivity index (χ0n) is 10.9. The Morgan fingerprint density at radius 3 is 2.78 bits per heavy atom. The van der Waals surface area contributed by atoms with E-state index in [0.717, 1.165) is 18.5 Å². The Bertz CT molecular complexity index is 407. The molecule has 0 fully saturated rings. The van der Waals surface area contributed by atoms with Crippen LogP contribution in [0, 0.1) is 0 Å². The Balaban J connectivity index is 2.67. The lowest BCUT2D eigenvalue weighted by atomic mass is 10.1. The highest BCUT2D eigenvalue weighted by atomic mass is 35.5. The fourth-order valence-corrected chi connectivity index (χ4v) is 1.73. The van der Waals surface area contributed by atoms with Crippen LogP contribution in [0.25, 0.3) is 0 Å². The van der Waals surface area contributed by atoms with Gasteiger partial charge in [0.25, 0.3) is 5.91 Å². The molecule has 0 radical (unpaired) electrons. The number of nitrogens with one attached hydrogen (secondary N) is 1. The monoisotopic (exact) mass is 269 g/mol. The van der Waals surface area contributed by atoms with Crippen molar-refractivity contribution in [2.75, 3.05) is 13.1 Å². The summed E-state index contributed by atoms with van der Waals surface area (Å²) in [6, 6.07) is 3.38. The fourth-order valence-electron chi connectivity index (χ4n) is 1.52. The SMILES string of the molecule is CC(C)c1cc(C(=O)NCCCCN)cc(Cl)n1. The number of carbonyl (C=O) groups excluding carboxylic acids is 1. The second kappa shape index (κ2) is 7.34. The summed E-state index contributed by atoms with van der Waals surface area (Å²) in [5, 5.41) is 3.20. The minimum Gasteiger partial charge on any atom is -0.352 e. The number of unbranched alkanes of at least 4 members (excludes halogenated alkanes) is 1. The van der Waals surface area contributed by atoms with E-state index in [1.165, 1.54) is 0 Å². The van der Waals surface area contributed by atoms with Crippen LogP contribution >= 0.6 is 11.6 Å². The average molecular weight is 270 g/mol. The summed E-state index contributed by atoms with van der Waals surface area (Å²) in [6.07, 6.45) is 1.80. The van der Waals surface area contributed by atoms with Gasteiger partial charge in [-0.2, -0.15) is 0 Å². The van der Waals surface area contributed by atoms with E-state index in [0.29, 0.717) is 23.8 Å². The molecule has 0 aliphatic heterocycles. The third kappa shape index (κ3) is 4.63. The number of carbonyl (C=O) groups is 1. The van der Waals surface area contributed by atoms with E-state index in [4.69, 9.17) is 17.3 Å². The molecule has 0 bridgehead atoms. The van der Waals surface area contributed by atoms with Crippen molar-refractivity contribution >= 4 is 17.5 Å². The van der Waals surface area contributed by atoms with Crippen LogP contribution in [0.15, 0.2) is 12.1 Å². The van der Waals surface area contributed by atoms with Gasteiger partial charge in [0.15, 0.2) is 0 Å². The molecule has 0 saturated heterocycles. The van der Waals surface area contributed by atoms with Crippen LogP contribution in [0.4, 0.5) is 0 Å². The number of amides is 1. The molecule has 1 aromatic heterocycles. The summed E-state index contributed by atoms with van der Waals surface area (Å²) >= 11 is 5.91. The van der Waals surface area contributed by atoms with Gasteiger partial charge in [0.05, 0.1) is 0 Å². The molecule has 4 nitrogen and oxygen atoms in total. The van der Waals surface area contributed by atoms with E-state index in [-0.39, 0.29) is 11.8 Å². The maximum atomic E-state index is 11.9. The number of rotatable bonds is 6. The van der Waals surface area contributed by atoms with Crippen LogP contribution in [0.3, 0.4) is 0 Å². The Labute approximate surface area is 113 Å². The van der Waals surface area contributed by atoms with Crippen LogP contribution in [0.2, 0.25) is 5.15 Å². The van der Waals surface area contributed by atoms with Gasteiger partial charge in [-0.3, -0.25) is 4.79 Å². The molecular weight excluding hydrogens is 250 g/mol. The Morgan fingerprint density at radius 2 is 2.17 bits per heavy atom. The molecule has 0 unspecified atom stereocenters. The van der Waals surface area contributed by atoms with Gasteiger partial charge in [-0.05, 0) is 37.4 Å². The average Bonchev–Trinajstić information content (AvgIpc) is 2.33. The van der Waals surface area contributed by atoms with Crippen molar-refractivity contribution in [1.82, 2.24) is 10.3 Å². The molecule has 1 amide bonds. The van der Waals surface area contributed by atoms with Crippen molar-refractivity contribution in [2.45, 2.75) is 32.6 Å². The predicted octanol–water partition coefficient (Wildman–Crippen LogP) is 2.33. The van der Waals surface area contributed by atoms with E-state index in [1.54, 1.807) is 12.1 Å². The van der Waals surface area contributed by atoms with Gasteiger partial charge in [0.2, 0.25) is 0 Å². The van der Waals surface area contributed by atoms with Gasteiger partial charge in [-0.1, -0.05) is 25.4 Å². The Hall–Kier alpha value is -1.13. The number of nitrogens with two attached hydrogens (primary N) is 1. The molecular formula is C13H20ClN3O. The van der Waals surface area contributed by atoms with Crippen LogP contribution in [-0.2, 0) is 0 Å². The van der Waals surface area contributed by atoms with Crippen LogP contribution in [0.5, 0.6) is 0 Å². The standard InChI is InChI=1S/C13H20ClN3O/c1-9(2)11-7-10(8-12(14)17-11)13(18)16-6-4-3-5-15/h7-9H,3-6,15H2,1-2H3,(H,16,18). The number of nitrogens with zero attached hydrogens (tertiary/aromatic N) is 1. The third-order valence-electron chi connectivity index (χ3n) is 2.58. The van der Waals surface area contributed by atoms with Gasteiger partial charge in [0.1, 0.15) is 5.15 Å². The first-order valence-corrected chi connectivity index (χ1v) is 6.58. The molecule has 5 heteroatoms. The molecule has 0 spiro atoms. The maximum absolute atomic E-state index is 11.9. The second-order valence-corrected chi connectivity index (χ2v) is 4.90. The number of hydrogen-bond donors (Lipinski definition) is 2. The lowest BCUT2D eigenvalue weighted by Gasteiger charge is -2.09. The molecule has 0 aliphatic carbocycles. The third-order valence-corrected chi connectivity index (χ3v) is 2.78.